The molecule has 1 N–H and O–H groups in total. The predicted molar refractivity (Wildman–Crippen MR) is 74.1 cm³/mol. The fourth-order valence-electron chi connectivity index (χ4n) is 2.63. The van der Waals surface area contributed by atoms with Gasteiger partial charge in [-0.2, -0.15) is 0 Å². The molecule has 1 heterocycles. The third-order valence-electron chi connectivity index (χ3n) is 3.83. The summed E-state index contributed by atoms with van der Waals surface area (Å²) in [4.78, 5) is 0. The van der Waals surface area contributed by atoms with Crippen molar-refractivity contribution in [2.24, 2.45) is 0 Å². The molecule has 0 radical (unpaired) electrons. The van der Waals surface area contributed by atoms with Crippen molar-refractivity contribution in [1.29, 1.82) is 0 Å². The quantitative estimate of drug-likeness (QED) is 0.927. The van der Waals surface area contributed by atoms with Gasteiger partial charge in [-0.05, 0) is 36.6 Å². The van der Waals surface area contributed by atoms with Crippen LogP contribution in [0.5, 0.6) is 5.75 Å². The van der Waals surface area contributed by atoms with E-state index in [0.29, 0.717) is 12.1 Å². The van der Waals surface area contributed by atoms with Crippen LogP contribution in [-0.4, -0.2) is 31.9 Å². The van der Waals surface area contributed by atoms with Gasteiger partial charge in [-0.3, -0.25) is 0 Å². The number of methoxy groups -OCH3 is 1. The molecule has 98 valence electrons. The Bertz CT molecular complexity index is 432. The molecular weight excluding hydrogens is 294 g/mol. The van der Waals surface area contributed by atoms with Crippen molar-refractivity contribution >= 4 is 15.9 Å². The van der Waals surface area contributed by atoms with Crippen molar-refractivity contribution in [2.45, 2.75) is 37.5 Å². The smallest absolute Gasteiger partial charge is 0.123 e. The minimum Gasteiger partial charge on any atom is -0.488 e. The maximum absolute atomic E-state index is 5.92. The lowest BCUT2D eigenvalue weighted by Crippen LogP contribution is -2.47. The molecule has 0 spiro atoms. The van der Waals surface area contributed by atoms with Crippen molar-refractivity contribution in [2.75, 3.05) is 13.7 Å². The van der Waals surface area contributed by atoms with E-state index in [2.05, 4.69) is 27.3 Å². The zero-order chi connectivity index (χ0) is 12.5. The highest BCUT2D eigenvalue weighted by molar-refractivity contribution is 9.10. The van der Waals surface area contributed by atoms with Crippen LogP contribution < -0.4 is 10.1 Å². The lowest BCUT2D eigenvalue weighted by Gasteiger charge is -2.35. The fraction of sp³-hybridized carbons (Fsp3) is 0.571. The molecule has 18 heavy (non-hydrogen) atoms. The highest BCUT2D eigenvalue weighted by Gasteiger charge is 2.30. The summed E-state index contributed by atoms with van der Waals surface area (Å²) in [7, 11) is 1.79. The number of rotatable bonds is 4. The minimum atomic E-state index is 0.274. The summed E-state index contributed by atoms with van der Waals surface area (Å²) >= 11 is 3.50. The minimum absolute atomic E-state index is 0.274. The largest absolute Gasteiger partial charge is 0.488 e. The number of nitrogens with one attached hydrogen (secondary N) is 1. The van der Waals surface area contributed by atoms with E-state index in [1.165, 1.54) is 5.56 Å². The topological polar surface area (TPSA) is 30.5 Å². The molecule has 1 fully saturated rings. The summed E-state index contributed by atoms with van der Waals surface area (Å²) in [6, 6.07) is 6.83. The van der Waals surface area contributed by atoms with Gasteiger partial charge >= 0.3 is 0 Å². The first kappa shape index (κ1) is 12.5. The molecule has 4 heteroatoms. The Morgan fingerprint density at radius 2 is 2.28 bits per heavy atom. The molecule has 1 aliphatic heterocycles. The van der Waals surface area contributed by atoms with Crippen molar-refractivity contribution in [3.05, 3.63) is 28.2 Å². The van der Waals surface area contributed by atoms with Crippen molar-refractivity contribution in [3.63, 3.8) is 0 Å². The zero-order valence-corrected chi connectivity index (χ0v) is 12.1. The third kappa shape index (κ3) is 2.56. The van der Waals surface area contributed by atoms with Gasteiger partial charge in [0.1, 0.15) is 11.9 Å². The monoisotopic (exact) mass is 311 g/mol. The number of hydrogen-bond acceptors (Lipinski definition) is 3. The van der Waals surface area contributed by atoms with Gasteiger partial charge < -0.3 is 14.8 Å². The van der Waals surface area contributed by atoms with E-state index in [9.17, 15) is 0 Å². The van der Waals surface area contributed by atoms with Crippen molar-refractivity contribution < 1.29 is 9.47 Å². The van der Waals surface area contributed by atoms with Crippen LogP contribution in [0.4, 0.5) is 0 Å². The van der Waals surface area contributed by atoms with Crippen LogP contribution in [0.1, 0.15) is 18.4 Å². The molecule has 1 aromatic rings. The first-order valence-corrected chi connectivity index (χ1v) is 7.25. The molecule has 0 amide bonds. The van der Waals surface area contributed by atoms with Crippen LogP contribution in [0.2, 0.25) is 0 Å². The molecule has 0 saturated heterocycles. The van der Waals surface area contributed by atoms with E-state index in [1.807, 2.05) is 12.1 Å². The van der Waals surface area contributed by atoms with E-state index in [-0.39, 0.29) is 6.10 Å². The van der Waals surface area contributed by atoms with Crippen LogP contribution in [0.15, 0.2) is 22.7 Å². The molecule has 3 rings (SSSR count). The van der Waals surface area contributed by atoms with E-state index < -0.39 is 0 Å². The van der Waals surface area contributed by atoms with Gasteiger partial charge in [0.15, 0.2) is 0 Å². The normalized spacial score (nSPS) is 29.6. The number of halogens is 1. The first-order chi connectivity index (χ1) is 8.74. The molecule has 3 nitrogen and oxygen atoms in total. The molecular formula is C14H18BrNO2. The average Bonchev–Trinajstić information content (AvgIpc) is 2.69. The van der Waals surface area contributed by atoms with Crippen molar-refractivity contribution in [1.82, 2.24) is 5.32 Å². The van der Waals surface area contributed by atoms with Crippen LogP contribution in [0, 0.1) is 0 Å². The van der Waals surface area contributed by atoms with Gasteiger partial charge in [0.2, 0.25) is 0 Å². The Balaban J connectivity index is 1.47. The van der Waals surface area contributed by atoms with Crippen LogP contribution in [-0.2, 0) is 11.2 Å². The summed E-state index contributed by atoms with van der Waals surface area (Å²) in [5.74, 6) is 1.04. The molecule has 0 bridgehead atoms. The lowest BCUT2D eigenvalue weighted by molar-refractivity contribution is 0.0151. The summed E-state index contributed by atoms with van der Waals surface area (Å²) in [5.41, 5.74) is 1.31. The zero-order valence-electron chi connectivity index (χ0n) is 10.5. The van der Waals surface area contributed by atoms with Gasteiger partial charge in [-0.25, -0.2) is 0 Å². The number of benzene rings is 1. The summed E-state index contributed by atoms with van der Waals surface area (Å²) in [5, 5.41) is 3.56. The first-order valence-electron chi connectivity index (χ1n) is 6.46. The molecule has 1 atom stereocenters. The molecule has 0 aromatic heterocycles. The Morgan fingerprint density at radius 3 is 3.06 bits per heavy atom. The predicted octanol–water partition coefficient (Wildman–Crippen LogP) is 2.52. The second-order valence-corrected chi connectivity index (χ2v) is 6.05. The number of ether oxygens (including phenoxy) is 2. The maximum Gasteiger partial charge on any atom is 0.123 e. The van der Waals surface area contributed by atoms with E-state index in [4.69, 9.17) is 9.47 Å². The molecule has 2 aliphatic rings. The van der Waals surface area contributed by atoms with Gasteiger partial charge in [0.25, 0.3) is 0 Å². The highest BCUT2D eigenvalue weighted by Crippen LogP contribution is 2.31. The fourth-order valence-corrected chi connectivity index (χ4v) is 3.03. The summed E-state index contributed by atoms with van der Waals surface area (Å²) < 4.78 is 12.3. The average molecular weight is 312 g/mol. The Hall–Kier alpha value is -0.580. The molecule has 1 aliphatic carbocycles. The van der Waals surface area contributed by atoms with Gasteiger partial charge in [0.05, 0.1) is 6.10 Å². The number of fused-ring (bicyclic) bond motifs is 1. The molecule has 1 unspecified atom stereocenters. The van der Waals surface area contributed by atoms with Crippen LogP contribution >= 0.6 is 15.9 Å². The second kappa shape index (κ2) is 5.19. The standard InChI is InChI=1S/C14H18BrNO2/c1-17-12-6-11(7-12)16-8-13-5-9-4-10(15)2-3-14(9)18-13/h2-4,11-13,16H,5-8H2,1H3. The Morgan fingerprint density at radius 1 is 1.44 bits per heavy atom. The lowest BCUT2D eigenvalue weighted by atomic mass is 9.89. The SMILES string of the molecule is COC1CC(NCC2Cc3cc(Br)ccc3O2)C1. The maximum atomic E-state index is 5.92. The van der Waals surface area contributed by atoms with E-state index in [0.717, 1.165) is 36.0 Å². The van der Waals surface area contributed by atoms with Crippen LogP contribution in [0.3, 0.4) is 0 Å². The summed E-state index contributed by atoms with van der Waals surface area (Å²) in [6.07, 6.45) is 3.99. The third-order valence-corrected chi connectivity index (χ3v) is 4.32. The highest BCUT2D eigenvalue weighted by atomic mass is 79.9. The molecule has 1 aromatic carbocycles. The van der Waals surface area contributed by atoms with E-state index >= 15 is 0 Å². The van der Waals surface area contributed by atoms with Crippen LogP contribution in [0.25, 0.3) is 0 Å². The Labute approximate surface area is 116 Å². The summed E-state index contributed by atoms with van der Waals surface area (Å²) in [6.45, 7) is 0.924. The van der Waals surface area contributed by atoms with E-state index in [1.54, 1.807) is 7.11 Å². The second-order valence-electron chi connectivity index (χ2n) is 5.13. The van der Waals surface area contributed by atoms with Gasteiger partial charge in [-0.1, -0.05) is 15.9 Å². The molecule has 1 saturated carbocycles. The Kier molecular flexibility index (Phi) is 3.59. The van der Waals surface area contributed by atoms with Crippen molar-refractivity contribution in [3.8, 4) is 5.75 Å². The van der Waals surface area contributed by atoms with Gasteiger partial charge in [0, 0.05) is 30.6 Å². The number of hydrogen-bond donors (Lipinski definition) is 1. The van der Waals surface area contributed by atoms with Gasteiger partial charge in [-0.15, -0.1) is 0 Å².